The Morgan fingerprint density at radius 2 is 2.17 bits per heavy atom. The Labute approximate surface area is 141 Å². The lowest BCUT2D eigenvalue weighted by Crippen LogP contribution is -2.36. The Hall–Kier alpha value is -1.89. The van der Waals surface area contributed by atoms with Gasteiger partial charge in [0.05, 0.1) is 12.2 Å². The van der Waals surface area contributed by atoms with Gasteiger partial charge in [-0.3, -0.25) is 0 Å². The van der Waals surface area contributed by atoms with E-state index in [1.165, 1.54) is 4.88 Å². The van der Waals surface area contributed by atoms with Gasteiger partial charge in [-0.05, 0) is 19.3 Å². The van der Waals surface area contributed by atoms with E-state index in [2.05, 4.69) is 46.5 Å². The topological polar surface area (TPSA) is 75.3 Å². The predicted octanol–water partition coefficient (Wildman–Crippen LogP) is 3.07. The molecule has 2 rings (SSSR count). The minimum absolute atomic E-state index is 0.362. The Morgan fingerprint density at radius 3 is 2.78 bits per heavy atom. The average molecular weight is 335 g/mol. The van der Waals surface area contributed by atoms with Gasteiger partial charge in [-0.2, -0.15) is 0 Å². The van der Waals surface area contributed by atoms with Crippen LogP contribution in [-0.4, -0.2) is 22.6 Å². The fourth-order valence-electron chi connectivity index (χ4n) is 1.93. The Morgan fingerprint density at radius 1 is 1.35 bits per heavy atom. The summed E-state index contributed by atoms with van der Waals surface area (Å²) >= 11 is 1.73. The lowest BCUT2D eigenvalue weighted by molar-refractivity contribution is 0.376. The second-order valence-electron chi connectivity index (χ2n) is 5.50. The molecule has 2 aromatic rings. The number of rotatable bonds is 7. The number of thiazole rings is 1. The van der Waals surface area contributed by atoms with Crippen LogP contribution in [0.25, 0.3) is 0 Å². The number of hydrogen-bond donors (Lipinski definition) is 2. The number of hydrogen-bond acceptors (Lipinski definition) is 5. The van der Waals surface area contributed by atoms with E-state index in [9.17, 15) is 0 Å². The van der Waals surface area contributed by atoms with Crippen LogP contribution in [-0.2, 0) is 19.5 Å². The van der Waals surface area contributed by atoms with Gasteiger partial charge >= 0.3 is 0 Å². The number of aromatic nitrogens is 2. The van der Waals surface area contributed by atoms with Gasteiger partial charge in [-0.25, -0.2) is 9.98 Å². The van der Waals surface area contributed by atoms with Crippen molar-refractivity contribution in [3.8, 4) is 0 Å². The molecular formula is C16H25N5OS. The first kappa shape index (κ1) is 17.5. The van der Waals surface area contributed by atoms with Crippen LogP contribution in [0.2, 0.25) is 0 Å². The predicted molar refractivity (Wildman–Crippen MR) is 93.7 cm³/mol. The van der Waals surface area contributed by atoms with E-state index in [1.807, 2.05) is 19.2 Å². The molecule has 0 saturated heterocycles. The highest BCUT2D eigenvalue weighted by Gasteiger charge is 2.08. The molecule has 0 atom stereocenters. The summed E-state index contributed by atoms with van der Waals surface area (Å²) in [5.41, 5.74) is 0.961. The fraction of sp³-hybridized carbons (Fsp3) is 0.562. The summed E-state index contributed by atoms with van der Waals surface area (Å²) < 4.78 is 5.31. The molecule has 0 fully saturated rings. The molecule has 0 unspecified atom stereocenters. The number of guanidine groups is 1. The highest BCUT2D eigenvalue weighted by atomic mass is 32.1. The minimum atomic E-state index is 0.362. The van der Waals surface area contributed by atoms with Crippen LogP contribution in [0.5, 0.6) is 0 Å². The van der Waals surface area contributed by atoms with Crippen LogP contribution in [0.15, 0.2) is 21.8 Å². The van der Waals surface area contributed by atoms with Gasteiger partial charge < -0.3 is 15.2 Å². The zero-order valence-corrected chi connectivity index (χ0v) is 15.0. The van der Waals surface area contributed by atoms with Crippen molar-refractivity contribution in [2.24, 2.45) is 4.99 Å². The monoisotopic (exact) mass is 335 g/mol. The molecule has 0 bridgehead atoms. The molecule has 2 aromatic heterocycles. The second-order valence-corrected chi connectivity index (χ2v) is 6.70. The third-order valence-corrected chi connectivity index (χ3v) is 4.40. The average Bonchev–Trinajstić information content (AvgIpc) is 3.19. The van der Waals surface area contributed by atoms with Crippen molar-refractivity contribution in [1.82, 2.24) is 20.8 Å². The van der Waals surface area contributed by atoms with E-state index in [4.69, 9.17) is 4.52 Å². The number of nitrogens with one attached hydrogen (secondary N) is 2. The highest BCUT2D eigenvalue weighted by Crippen LogP contribution is 2.15. The van der Waals surface area contributed by atoms with Crippen molar-refractivity contribution >= 4 is 17.3 Å². The summed E-state index contributed by atoms with van der Waals surface area (Å²) in [6.45, 7) is 10.3. The molecule has 6 nitrogen and oxygen atoms in total. The lowest BCUT2D eigenvalue weighted by atomic mass is 10.1. The summed E-state index contributed by atoms with van der Waals surface area (Å²) in [6.07, 6.45) is 2.96. The van der Waals surface area contributed by atoms with Crippen molar-refractivity contribution < 1.29 is 4.52 Å². The fourth-order valence-corrected chi connectivity index (χ4v) is 2.73. The maximum Gasteiger partial charge on any atom is 0.192 e. The molecule has 0 saturated carbocycles. The van der Waals surface area contributed by atoms with Gasteiger partial charge in [-0.1, -0.05) is 25.9 Å². The molecule has 23 heavy (non-hydrogen) atoms. The normalized spacial score (nSPS) is 12.0. The van der Waals surface area contributed by atoms with Crippen LogP contribution < -0.4 is 10.6 Å². The maximum atomic E-state index is 5.31. The van der Waals surface area contributed by atoms with Gasteiger partial charge in [0.2, 0.25) is 0 Å². The van der Waals surface area contributed by atoms with Gasteiger partial charge in [0.1, 0.15) is 11.6 Å². The van der Waals surface area contributed by atoms with E-state index >= 15 is 0 Å². The highest BCUT2D eigenvalue weighted by molar-refractivity contribution is 7.11. The number of aliphatic imine (C=N–C) groups is 1. The number of nitrogens with zero attached hydrogens (tertiary/aromatic N) is 3. The Bertz CT molecular complexity index is 632. The first-order valence-corrected chi connectivity index (χ1v) is 8.85. The van der Waals surface area contributed by atoms with Gasteiger partial charge in [0.25, 0.3) is 0 Å². The molecule has 126 valence electrons. The Kier molecular flexibility index (Phi) is 6.58. The van der Waals surface area contributed by atoms with Crippen LogP contribution in [0.3, 0.4) is 0 Å². The molecule has 7 heteroatoms. The quantitative estimate of drug-likeness (QED) is 0.601. The molecule has 0 aliphatic rings. The maximum absolute atomic E-state index is 5.31. The molecule has 0 amide bonds. The zero-order valence-electron chi connectivity index (χ0n) is 14.2. The second kappa shape index (κ2) is 8.67. The smallest absolute Gasteiger partial charge is 0.192 e. The third-order valence-electron chi connectivity index (χ3n) is 3.26. The van der Waals surface area contributed by atoms with E-state index in [-0.39, 0.29) is 0 Å². The van der Waals surface area contributed by atoms with Crippen LogP contribution in [0.4, 0.5) is 0 Å². The lowest BCUT2D eigenvalue weighted by Gasteiger charge is -2.09. The van der Waals surface area contributed by atoms with Crippen molar-refractivity contribution in [2.75, 3.05) is 6.54 Å². The standard InChI is InChI=1S/C16H25N5OS/c1-5-13-9-18-15(23-13)10-20-16(17-6-2)19-8-12-7-14(11(3)4)21-22-12/h7,9,11H,5-6,8,10H2,1-4H3,(H2,17,19,20). The van der Waals surface area contributed by atoms with Crippen molar-refractivity contribution in [3.63, 3.8) is 0 Å². The third kappa shape index (κ3) is 5.35. The first-order valence-electron chi connectivity index (χ1n) is 8.03. The number of aryl methyl sites for hydroxylation is 1. The van der Waals surface area contributed by atoms with Gasteiger partial charge in [-0.15, -0.1) is 11.3 Å². The molecule has 0 aliphatic carbocycles. The zero-order chi connectivity index (χ0) is 16.7. The molecule has 0 aliphatic heterocycles. The van der Waals surface area contributed by atoms with E-state index in [0.29, 0.717) is 19.0 Å². The molecule has 0 spiro atoms. The van der Waals surface area contributed by atoms with Crippen LogP contribution in [0, 0.1) is 0 Å². The van der Waals surface area contributed by atoms with Crippen LogP contribution >= 0.6 is 11.3 Å². The largest absolute Gasteiger partial charge is 0.359 e. The van der Waals surface area contributed by atoms with Crippen molar-refractivity contribution in [3.05, 3.63) is 33.6 Å². The van der Waals surface area contributed by atoms with Crippen LogP contribution in [0.1, 0.15) is 55.0 Å². The summed E-state index contributed by atoms with van der Waals surface area (Å²) in [4.78, 5) is 10.2. The molecule has 0 radical (unpaired) electrons. The summed E-state index contributed by atoms with van der Waals surface area (Å²) in [7, 11) is 0. The van der Waals surface area contributed by atoms with E-state index in [1.54, 1.807) is 11.3 Å². The minimum Gasteiger partial charge on any atom is -0.359 e. The van der Waals surface area contributed by atoms with E-state index < -0.39 is 0 Å². The van der Waals surface area contributed by atoms with Crippen molar-refractivity contribution in [1.29, 1.82) is 0 Å². The molecular weight excluding hydrogens is 310 g/mol. The van der Waals surface area contributed by atoms with Gasteiger partial charge in [0, 0.05) is 23.7 Å². The molecule has 2 N–H and O–H groups in total. The Balaban J connectivity index is 1.93. The van der Waals surface area contributed by atoms with E-state index in [0.717, 1.165) is 35.4 Å². The summed E-state index contributed by atoms with van der Waals surface area (Å²) in [5.74, 6) is 1.89. The van der Waals surface area contributed by atoms with Crippen molar-refractivity contribution in [2.45, 2.75) is 53.1 Å². The first-order chi connectivity index (χ1) is 11.1. The molecule has 2 heterocycles. The summed E-state index contributed by atoms with van der Waals surface area (Å²) in [5, 5.41) is 11.6. The summed E-state index contributed by atoms with van der Waals surface area (Å²) in [6, 6.07) is 1.96. The molecule has 0 aromatic carbocycles. The SMILES string of the molecule is CCNC(=NCc1cc(C(C)C)no1)NCc1ncc(CC)s1. The van der Waals surface area contributed by atoms with Gasteiger partial charge in [0.15, 0.2) is 11.7 Å².